The molecule has 3 heteroatoms. The summed E-state index contributed by atoms with van der Waals surface area (Å²) in [5.41, 5.74) is 0. The van der Waals surface area contributed by atoms with Crippen LogP contribution in [0.2, 0.25) is 0 Å². The lowest BCUT2D eigenvalue weighted by Gasteiger charge is -2.30. The molecule has 1 N–H and O–H groups in total. The summed E-state index contributed by atoms with van der Waals surface area (Å²) in [7, 11) is 1.67. The third-order valence-corrected chi connectivity index (χ3v) is 5.02. The minimum atomic E-state index is -0.290. The minimum Gasteiger partial charge on any atom is -0.496 e. The second kappa shape index (κ2) is 5.87. The van der Waals surface area contributed by atoms with Crippen LogP contribution in [0.25, 0.3) is 0 Å². The summed E-state index contributed by atoms with van der Waals surface area (Å²) in [5, 5.41) is 12.3. The van der Waals surface area contributed by atoms with Gasteiger partial charge >= 0.3 is 0 Å². The Hall–Kier alpha value is -0.540. The molecule has 0 spiro atoms. The van der Waals surface area contributed by atoms with E-state index < -0.39 is 0 Å². The molecule has 0 aromatic carbocycles. The van der Waals surface area contributed by atoms with Crippen LogP contribution < -0.4 is 4.74 Å². The third-order valence-electron chi connectivity index (χ3n) is 4.04. The molecule has 0 bridgehead atoms. The zero-order valence-electron chi connectivity index (χ0n) is 10.7. The first-order chi connectivity index (χ1) is 8.24. The van der Waals surface area contributed by atoms with Crippen molar-refractivity contribution >= 4 is 11.3 Å². The van der Waals surface area contributed by atoms with E-state index in [1.807, 2.05) is 11.4 Å². The Balaban J connectivity index is 1.94. The smallest absolute Gasteiger partial charge is 0.129 e. The van der Waals surface area contributed by atoms with E-state index in [-0.39, 0.29) is 6.10 Å². The van der Waals surface area contributed by atoms with Crippen LogP contribution in [0, 0.1) is 11.8 Å². The number of thiophene rings is 1. The summed E-state index contributed by atoms with van der Waals surface area (Å²) in [4.78, 5) is 1.06. The van der Waals surface area contributed by atoms with E-state index in [1.165, 1.54) is 32.1 Å². The fourth-order valence-electron chi connectivity index (χ4n) is 2.74. The Labute approximate surface area is 108 Å². The van der Waals surface area contributed by atoms with Crippen molar-refractivity contribution in [3.8, 4) is 5.75 Å². The van der Waals surface area contributed by atoms with Crippen molar-refractivity contribution in [2.24, 2.45) is 11.8 Å². The van der Waals surface area contributed by atoms with Crippen LogP contribution in [-0.2, 0) is 0 Å². The van der Waals surface area contributed by atoms with Gasteiger partial charge in [0, 0.05) is 10.3 Å². The van der Waals surface area contributed by atoms with E-state index in [2.05, 4.69) is 6.92 Å². The molecule has 2 rings (SSSR count). The van der Waals surface area contributed by atoms with Gasteiger partial charge in [0.2, 0.25) is 0 Å². The van der Waals surface area contributed by atoms with E-state index in [0.29, 0.717) is 5.92 Å². The second-order valence-electron chi connectivity index (χ2n) is 5.02. The monoisotopic (exact) mass is 254 g/mol. The predicted octanol–water partition coefficient (Wildman–Crippen LogP) is 4.01. The van der Waals surface area contributed by atoms with Gasteiger partial charge in [-0.05, 0) is 30.7 Å². The average Bonchev–Trinajstić information content (AvgIpc) is 2.87. The normalized spacial score (nSPS) is 26.8. The molecule has 1 aliphatic rings. The molecule has 0 saturated heterocycles. The maximum Gasteiger partial charge on any atom is 0.129 e. The van der Waals surface area contributed by atoms with Gasteiger partial charge in [-0.3, -0.25) is 0 Å². The first kappa shape index (κ1) is 12.9. The maximum absolute atomic E-state index is 10.4. The summed E-state index contributed by atoms with van der Waals surface area (Å²) < 4.78 is 5.17. The Morgan fingerprint density at radius 2 is 2.12 bits per heavy atom. The Bertz CT molecular complexity index is 340. The van der Waals surface area contributed by atoms with Gasteiger partial charge in [-0.1, -0.05) is 26.2 Å². The van der Waals surface area contributed by atoms with Gasteiger partial charge in [0.15, 0.2) is 0 Å². The van der Waals surface area contributed by atoms with Crippen molar-refractivity contribution in [3.63, 3.8) is 0 Å². The summed E-state index contributed by atoms with van der Waals surface area (Å²) in [5.74, 6) is 2.20. The van der Waals surface area contributed by atoms with E-state index in [4.69, 9.17) is 4.74 Å². The molecule has 1 aliphatic carbocycles. The van der Waals surface area contributed by atoms with Crippen LogP contribution in [0.3, 0.4) is 0 Å². The fraction of sp³-hybridized carbons (Fsp3) is 0.714. The van der Waals surface area contributed by atoms with Gasteiger partial charge in [0.1, 0.15) is 5.75 Å². The lowest BCUT2D eigenvalue weighted by molar-refractivity contribution is 0.0756. The highest BCUT2D eigenvalue weighted by atomic mass is 32.1. The molecular formula is C14H22O2S. The number of aliphatic hydroxyl groups is 1. The number of ether oxygens (including phenoxy) is 1. The van der Waals surface area contributed by atoms with Gasteiger partial charge in [-0.25, -0.2) is 0 Å². The number of aliphatic hydroxyl groups excluding tert-OH is 1. The molecule has 0 aliphatic heterocycles. The van der Waals surface area contributed by atoms with E-state index >= 15 is 0 Å². The maximum atomic E-state index is 10.4. The third kappa shape index (κ3) is 3.02. The van der Waals surface area contributed by atoms with Crippen LogP contribution in [0.15, 0.2) is 11.4 Å². The molecule has 1 atom stereocenters. The summed E-state index contributed by atoms with van der Waals surface area (Å²) >= 11 is 1.61. The molecule has 1 unspecified atom stereocenters. The predicted molar refractivity (Wildman–Crippen MR) is 71.6 cm³/mol. The summed E-state index contributed by atoms with van der Waals surface area (Å²) in [6.07, 6.45) is 5.89. The summed E-state index contributed by atoms with van der Waals surface area (Å²) in [6.45, 7) is 2.27. The molecular weight excluding hydrogens is 232 g/mol. The van der Waals surface area contributed by atoms with Gasteiger partial charge < -0.3 is 9.84 Å². The first-order valence-corrected chi connectivity index (χ1v) is 7.43. The highest BCUT2D eigenvalue weighted by Gasteiger charge is 2.27. The standard InChI is InChI=1S/C14H22O2S/c1-3-10-4-6-11(7-5-10)14(15)13-8-12(16-2)9-17-13/h8-11,14-15H,3-7H2,1-2H3. The zero-order chi connectivity index (χ0) is 12.3. The topological polar surface area (TPSA) is 29.5 Å². The molecule has 0 amide bonds. The number of hydrogen-bond acceptors (Lipinski definition) is 3. The van der Waals surface area contributed by atoms with Crippen molar-refractivity contribution < 1.29 is 9.84 Å². The molecule has 1 saturated carbocycles. The van der Waals surface area contributed by atoms with E-state index in [1.54, 1.807) is 18.4 Å². The van der Waals surface area contributed by atoms with Gasteiger partial charge in [-0.15, -0.1) is 11.3 Å². The molecule has 2 nitrogen and oxygen atoms in total. The quantitative estimate of drug-likeness (QED) is 0.879. The van der Waals surface area contributed by atoms with Crippen LogP contribution >= 0.6 is 11.3 Å². The van der Waals surface area contributed by atoms with Crippen molar-refractivity contribution in [2.75, 3.05) is 7.11 Å². The highest BCUT2D eigenvalue weighted by Crippen LogP contribution is 2.40. The van der Waals surface area contributed by atoms with Gasteiger partial charge in [0.05, 0.1) is 13.2 Å². The molecule has 1 aromatic heterocycles. The number of hydrogen-bond donors (Lipinski definition) is 1. The molecule has 1 fully saturated rings. The van der Waals surface area contributed by atoms with Crippen molar-refractivity contribution in [2.45, 2.75) is 45.1 Å². The van der Waals surface area contributed by atoms with Crippen LogP contribution in [-0.4, -0.2) is 12.2 Å². The van der Waals surface area contributed by atoms with E-state index in [9.17, 15) is 5.11 Å². The number of rotatable bonds is 4. The largest absolute Gasteiger partial charge is 0.496 e. The van der Waals surface area contributed by atoms with Crippen LogP contribution in [0.4, 0.5) is 0 Å². The Kier molecular flexibility index (Phi) is 4.46. The highest BCUT2D eigenvalue weighted by molar-refractivity contribution is 7.10. The second-order valence-corrected chi connectivity index (χ2v) is 5.97. The van der Waals surface area contributed by atoms with Crippen LogP contribution in [0.1, 0.15) is 50.0 Å². The lowest BCUT2D eigenvalue weighted by atomic mass is 9.78. The van der Waals surface area contributed by atoms with Crippen LogP contribution in [0.5, 0.6) is 5.75 Å². The first-order valence-electron chi connectivity index (χ1n) is 6.55. The average molecular weight is 254 g/mol. The Morgan fingerprint density at radius 1 is 1.41 bits per heavy atom. The van der Waals surface area contributed by atoms with Gasteiger partial charge in [-0.2, -0.15) is 0 Å². The Morgan fingerprint density at radius 3 is 2.65 bits per heavy atom. The summed E-state index contributed by atoms with van der Waals surface area (Å²) in [6, 6.07) is 1.97. The van der Waals surface area contributed by atoms with Crippen molar-refractivity contribution in [3.05, 3.63) is 16.3 Å². The van der Waals surface area contributed by atoms with E-state index in [0.717, 1.165) is 16.5 Å². The fourth-order valence-corrected chi connectivity index (χ4v) is 3.67. The molecule has 96 valence electrons. The minimum absolute atomic E-state index is 0.290. The molecule has 0 radical (unpaired) electrons. The SMILES string of the molecule is CCC1CCC(C(O)c2cc(OC)cs2)CC1. The molecule has 17 heavy (non-hydrogen) atoms. The molecule has 1 heterocycles. The zero-order valence-corrected chi connectivity index (χ0v) is 11.5. The van der Waals surface area contributed by atoms with Crippen molar-refractivity contribution in [1.82, 2.24) is 0 Å². The lowest BCUT2D eigenvalue weighted by Crippen LogP contribution is -2.19. The van der Waals surface area contributed by atoms with Gasteiger partial charge in [0.25, 0.3) is 0 Å². The van der Waals surface area contributed by atoms with Crippen molar-refractivity contribution in [1.29, 1.82) is 0 Å². The molecule has 1 aromatic rings. The number of methoxy groups -OCH3 is 1.